The molecule has 2 amide bonds. The minimum atomic E-state index is -3.56. The van der Waals surface area contributed by atoms with Gasteiger partial charge in [-0.3, -0.25) is 4.90 Å². The van der Waals surface area contributed by atoms with Gasteiger partial charge >= 0.3 is 6.03 Å². The van der Waals surface area contributed by atoms with E-state index in [1.54, 1.807) is 29.2 Å². The highest BCUT2D eigenvalue weighted by Crippen LogP contribution is 2.18. The van der Waals surface area contributed by atoms with Gasteiger partial charge in [-0.25, -0.2) is 17.5 Å². The van der Waals surface area contributed by atoms with Crippen LogP contribution in [0.25, 0.3) is 0 Å². The zero-order chi connectivity index (χ0) is 21.7. The number of sulfonamides is 1. The average molecular weight is 431 g/mol. The summed E-state index contributed by atoms with van der Waals surface area (Å²) < 4.78 is 26.2. The molecule has 162 valence electrons. The number of aryl methyl sites for hydroxylation is 1. The predicted octanol–water partition coefficient (Wildman–Crippen LogP) is 2.27. The molecular weight excluding hydrogens is 400 g/mol. The number of benzene rings is 2. The molecule has 7 nitrogen and oxygen atoms in total. The molecule has 0 aliphatic carbocycles. The van der Waals surface area contributed by atoms with Crippen molar-refractivity contribution in [2.24, 2.45) is 0 Å². The van der Waals surface area contributed by atoms with Crippen molar-refractivity contribution < 1.29 is 13.2 Å². The maximum atomic E-state index is 12.6. The second kappa shape index (κ2) is 9.59. The Balaban J connectivity index is 1.54. The molecule has 1 N–H and O–H groups in total. The number of piperazine rings is 1. The number of rotatable bonds is 6. The summed E-state index contributed by atoms with van der Waals surface area (Å²) in [5, 5.41) is 2.88. The van der Waals surface area contributed by atoms with Crippen molar-refractivity contribution in [2.45, 2.75) is 24.9 Å². The van der Waals surface area contributed by atoms with Crippen LogP contribution in [0.4, 0.5) is 4.79 Å². The number of hydrogen-bond acceptors (Lipinski definition) is 4. The smallest absolute Gasteiger partial charge is 0.317 e. The second-order valence-corrected chi connectivity index (χ2v) is 9.93. The lowest BCUT2D eigenvalue weighted by atomic mass is 10.1. The van der Waals surface area contributed by atoms with E-state index in [-0.39, 0.29) is 17.5 Å². The lowest BCUT2D eigenvalue weighted by Gasteiger charge is -2.34. The van der Waals surface area contributed by atoms with Gasteiger partial charge in [0.25, 0.3) is 0 Å². The molecule has 0 spiro atoms. The number of nitrogens with one attached hydrogen (secondary N) is 1. The maximum Gasteiger partial charge on any atom is 0.317 e. The number of urea groups is 1. The summed E-state index contributed by atoms with van der Waals surface area (Å²) in [6.45, 7) is 6.07. The highest BCUT2D eigenvalue weighted by molar-refractivity contribution is 7.89. The van der Waals surface area contributed by atoms with Gasteiger partial charge < -0.3 is 10.2 Å². The van der Waals surface area contributed by atoms with Gasteiger partial charge in [-0.05, 0) is 24.1 Å². The Morgan fingerprint density at radius 2 is 1.73 bits per heavy atom. The summed E-state index contributed by atoms with van der Waals surface area (Å²) in [6.07, 6.45) is 0. The third-order valence-corrected chi connectivity index (χ3v) is 7.22. The number of nitrogens with zero attached hydrogens (tertiary/aromatic N) is 3. The summed E-state index contributed by atoms with van der Waals surface area (Å²) >= 11 is 0. The molecule has 1 fully saturated rings. The zero-order valence-corrected chi connectivity index (χ0v) is 18.7. The van der Waals surface area contributed by atoms with E-state index in [9.17, 15) is 13.2 Å². The van der Waals surface area contributed by atoms with Gasteiger partial charge in [-0.15, -0.1) is 0 Å². The first kappa shape index (κ1) is 22.3. The number of carbonyl (C=O) groups excluding carboxylic acids is 1. The van der Waals surface area contributed by atoms with Crippen molar-refractivity contribution in [3.05, 3.63) is 65.2 Å². The molecule has 0 saturated carbocycles. The molecule has 1 saturated heterocycles. The molecule has 1 aliphatic rings. The highest BCUT2D eigenvalue weighted by Gasteiger charge is 2.23. The fourth-order valence-corrected chi connectivity index (χ4v) is 4.67. The Kier molecular flexibility index (Phi) is 7.12. The molecule has 1 heterocycles. The molecule has 0 unspecified atom stereocenters. The molecule has 0 atom stereocenters. The number of hydrogen-bond donors (Lipinski definition) is 1. The van der Waals surface area contributed by atoms with Crippen molar-refractivity contribution in [1.82, 2.24) is 19.4 Å². The van der Waals surface area contributed by atoms with Gasteiger partial charge in [0.2, 0.25) is 10.0 Å². The van der Waals surface area contributed by atoms with Crippen LogP contribution >= 0.6 is 0 Å². The average Bonchev–Trinajstić information content (AvgIpc) is 2.72. The first-order valence-electron chi connectivity index (χ1n) is 10.1. The first-order chi connectivity index (χ1) is 14.3. The maximum absolute atomic E-state index is 12.6. The Hall–Kier alpha value is -2.42. The van der Waals surface area contributed by atoms with E-state index in [0.717, 1.165) is 19.6 Å². The largest absolute Gasteiger partial charge is 0.334 e. The van der Waals surface area contributed by atoms with E-state index in [2.05, 4.69) is 41.4 Å². The van der Waals surface area contributed by atoms with Crippen LogP contribution in [0.2, 0.25) is 0 Å². The predicted molar refractivity (Wildman–Crippen MR) is 118 cm³/mol. The zero-order valence-electron chi connectivity index (χ0n) is 17.8. The van der Waals surface area contributed by atoms with Gasteiger partial charge in [-0.1, -0.05) is 48.0 Å². The molecular formula is C22H30N4O3S. The van der Waals surface area contributed by atoms with E-state index in [4.69, 9.17) is 0 Å². The monoisotopic (exact) mass is 430 g/mol. The molecule has 0 bridgehead atoms. The second-order valence-electron chi connectivity index (χ2n) is 7.81. The Bertz CT molecular complexity index is 983. The van der Waals surface area contributed by atoms with Crippen LogP contribution in [0.3, 0.4) is 0 Å². The number of carbonyl (C=O) groups is 1. The van der Waals surface area contributed by atoms with Gasteiger partial charge in [0.15, 0.2) is 0 Å². The minimum absolute atomic E-state index is 0.165. The topological polar surface area (TPSA) is 73.0 Å². The van der Waals surface area contributed by atoms with E-state index >= 15 is 0 Å². The highest BCUT2D eigenvalue weighted by atomic mass is 32.2. The van der Waals surface area contributed by atoms with Crippen LogP contribution in [0, 0.1) is 6.92 Å². The van der Waals surface area contributed by atoms with Gasteiger partial charge in [0, 0.05) is 53.4 Å². The van der Waals surface area contributed by atoms with E-state index < -0.39 is 10.0 Å². The number of amides is 2. The summed E-state index contributed by atoms with van der Waals surface area (Å²) in [5.41, 5.74) is 3.12. The molecule has 3 rings (SSSR count). The van der Waals surface area contributed by atoms with Gasteiger partial charge in [0.1, 0.15) is 0 Å². The van der Waals surface area contributed by atoms with Crippen molar-refractivity contribution in [1.29, 1.82) is 0 Å². The molecule has 30 heavy (non-hydrogen) atoms. The third kappa shape index (κ3) is 5.38. The molecule has 8 heteroatoms. The normalized spacial score (nSPS) is 15.4. The van der Waals surface area contributed by atoms with Gasteiger partial charge in [-0.2, -0.15) is 0 Å². The van der Waals surface area contributed by atoms with Crippen LogP contribution in [-0.2, 0) is 23.1 Å². The van der Waals surface area contributed by atoms with Crippen molar-refractivity contribution in [2.75, 3.05) is 40.3 Å². The molecule has 2 aromatic carbocycles. The standard InChI is InChI=1S/C22H30N4O3S/c1-18-7-6-8-19(15-18)17-25-11-13-26(14-12-25)22(27)23-16-20-9-4-5-10-21(20)30(28,29)24(2)3/h4-10,15H,11-14,16-17H2,1-3H3,(H,23,27). The third-order valence-electron chi connectivity index (χ3n) is 5.31. The van der Waals surface area contributed by atoms with Crippen molar-refractivity contribution in [3.63, 3.8) is 0 Å². The van der Waals surface area contributed by atoms with Crippen LogP contribution in [0.1, 0.15) is 16.7 Å². The Morgan fingerprint density at radius 1 is 1.03 bits per heavy atom. The van der Waals surface area contributed by atoms with Crippen LogP contribution < -0.4 is 5.32 Å². The SMILES string of the molecule is Cc1cccc(CN2CCN(C(=O)NCc3ccccc3S(=O)(=O)N(C)C)CC2)c1. The molecule has 0 radical (unpaired) electrons. The van der Waals surface area contributed by atoms with Gasteiger partial charge in [0.05, 0.1) is 4.90 Å². The van der Waals surface area contributed by atoms with Crippen molar-refractivity contribution >= 4 is 16.1 Å². The fourth-order valence-electron chi connectivity index (χ4n) is 3.56. The van der Waals surface area contributed by atoms with E-state index in [1.807, 2.05) is 0 Å². The lowest BCUT2D eigenvalue weighted by molar-refractivity contribution is 0.135. The Labute approximate surface area is 179 Å². The summed E-state index contributed by atoms with van der Waals surface area (Å²) in [6, 6.07) is 15.1. The minimum Gasteiger partial charge on any atom is -0.334 e. The van der Waals surface area contributed by atoms with Crippen LogP contribution in [-0.4, -0.2) is 68.8 Å². The van der Waals surface area contributed by atoms with E-state index in [1.165, 1.54) is 29.5 Å². The quantitative estimate of drug-likeness (QED) is 0.763. The summed E-state index contributed by atoms with van der Waals surface area (Å²) in [4.78, 5) is 17.0. The van der Waals surface area contributed by atoms with Crippen LogP contribution in [0.15, 0.2) is 53.4 Å². The summed E-state index contributed by atoms with van der Waals surface area (Å²) in [7, 11) is -0.557. The summed E-state index contributed by atoms with van der Waals surface area (Å²) in [5.74, 6) is 0. The lowest BCUT2D eigenvalue weighted by Crippen LogP contribution is -2.51. The Morgan fingerprint density at radius 3 is 2.40 bits per heavy atom. The molecule has 0 aromatic heterocycles. The first-order valence-corrected chi connectivity index (χ1v) is 11.5. The molecule has 2 aromatic rings. The fraction of sp³-hybridized carbons (Fsp3) is 0.409. The van der Waals surface area contributed by atoms with Crippen molar-refractivity contribution in [3.8, 4) is 0 Å². The molecule has 1 aliphatic heterocycles. The van der Waals surface area contributed by atoms with Crippen LogP contribution in [0.5, 0.6) is 0 Å². The van der Waals surface area contributed by atoms with E-state index in [0.29, 0.717) is 18.7 Å².